The van der Waals surface area contributed by atoms with Crippen LogP contribution in [0.3, 0.4) is 0 Å². The van der Waals surface area contributed by atoms with Crippen molar-refractivity contribution in [2.45, 2.75) is 41.5 Å². The number of allylic oxidation sites excluding steroid dienone is 2. The molecule has 0 heterocycles. The van der Waals surface area contributed by atoms with Gasteiger partial charge in [0.15, 0.2) is 5.78 Å². The van der Waals surface area contributed by atoms with Gasteiger partial charge >= 0.3 is 0 Å². The second-order valence-electron chi connectivity index (χ2n) is 6.96. The lowest BCUT2D eigenvalue weighted by Gasteiger charge is -2.18. The Balaban J connectivity index is 3.17. The Kier molecular flexibility index (Phi) is 7.02. The van der Waals surface area contributed by atoms with E-state index in [1.165, 1.54) is 0 Å². The first-order valence-corrected chi connectivity index (χ1v) is 8.16. The highest BCUT2D eigenvalue weighted by Crippen LogP contribution is 2.20. The van der Waals surface area contributed by atoms with Crippen molar-refractivity contribution in [1.82, 2.24) is 0 Å². The molecule has 0 aromatic heterocycles. The molecule has 0 N–H and O–H groups in total. The summed E-state index contributed by atoms with van der Waals surface area (Å²) in [4.78, 5) is 21.4. The van der Waals surface area contributed by atoms with Crippen LogP contribution < -0.4 is 0 Å². The molecule has 0 bridgehead atoms. The molecule has 0 aliphatic heterocycles. The van der Waals surface area contributed by atoms with Gasteiger partial charge in [-0.15, -0.1) is 0 Å². The topological polar surface area (TPSA) is 41.8 Å². The molecule has 1 aromatic carbocycles. The fourth-order valence-electron chi connectivity index (χ4n) is 2.13. The van der Waals surface area contributed by atoms with Crippen molar-refractivity contribution in [3.63, 3.8) is 0 Å². The molecule has 0 amide bonds. The molecule has 0 aliphatic rings. The summed E-state index contributed by atoms with van der Waals surface area (Å²) >= 11 is 0. The van der Waals surface area contributed by atoms with Crippen LogP contribution in [0.1, 0.15) is 45.7 Å². The van der Waals surface area contributed by atoms with Crippen LogP contribution in [-0.2, 0) is 4.79 Å². The van der Waals surface area contributed by atoms with E-state index in [-0.39, 0.29) is 5.78 Å². The summed E-state index contributed by atoms with van der Waals surface area (Å²) in [6, 6.07) is 8.09. The monoisotopic (exact) mass is 324 g/mol. The standard InChI is InChI=1S/C21H28N2O/c1-8-17(20(24)21(5,6)7)13-23-19(14-22-15(2)3)18-11-9-10-16(4)12-18/h8-12,14H,2,13H2,1,3-7H3/b17-8+,22-14?,23-19?. The third-order valence-electron chi connectivity index (χ3n) is 3.46. The summed E-state index contributed by atoms with van der Waals surface area (Å²) in [6.45, 7) is 15.7. The van der Waals surface area contributed by atoms with Crippen LogP contribution >= 0.6 is 0 Å². The van der Waals surface area contributed by atoms with Crippen LogP contribution in [0, 0.1) is 12.3 Å². The first-order chi connectivity index (χ1) is 11.1. The van der Waals surface area contributed by atoms with Crippen LogP contribution in [-0.4, -0.2) is 24.3 Å². The number of ketones is 1. The molecule has 0 atom stereocenters. The van der Waals surface area contributed by atoms with Gasteiger partial charge in [-0.25, -0.2) is 0 Å². The average Bonchev–Trinajstić information content (AvgIpc) is 2.49. The van der Waals surface area contributed by atoms with Gasteiger partial charge in [-0.3, -0.25) is 14.8 Å². The summed E-state index contributed by atoms with van der Waals surface area (Å²) in [7, 11) is 0. The third kappa shape index (κ3) is 6.07. The van der Waals surface area contributed by atoms with Gasteiger partial charge in [-0.1, -0.05) is 57.2 Å². The largest absolute Gasteiger partial charge is 0.294 e. The van der Waals surface area contributed by atoms with E-state index in [1.807, 2.05) is 65.8 Å². The number of aliphatic imine (C=N–C) groups is 2. The van der Waals surface area contributed by atoms with Crippen molar-refractivity contribution in [3.8, 4) is 0 Å². The van der Waals surface area contributed by atoms with E-state index < -0.39 is 5.41 Å². The number of rotatable bonds is 6. The van der Waals surface area contributed by atoms with Gasteiger partial charge in [0.25, 0.3) is 0 Å². The lowest BCUT2D eigenvalue weighted by molar-refractivity contribution is -0.122. The number of Topliss-reactive ketones (excluding diaryl/α,β-unsaturated/α-hetero) is 1. The maximum atomic E-state index is 12.5. The molecular formula is C21H28N2O. The molecule has 0 spiro atoms. The summed E-state index contributed by atoms with van der Waals surface area (Å²) in [5, 5.41) is 0. The third-order valence-corrected chi connectivity index (χ3v) is 3.46. The highest BCUT2D eigenvalue weighted by Gasteiger charge is 2.24. The van der Waals surface area contributed by atoms with E-state index >= 15 is 0 Å². The van der Waals surface area contributed by atoms with Crippen LogP contribution in [0.2, 0.25) is 0 Å². The molecule has 3 heteroatoms. The summed E-state index contributed by atoms with van der Waals surface area (Å²) in [6.07, 6.45) is 3.56. The smallest absolute Gasteiger partial charge is 0.165 e. The van der Waals surface area contributed by atoms with Crippen molar-refractivity contribution < 1.29 is 4.79 Å². The second kappa shape index (κ2) is 8.53. The van der Waals surface area contributed by atoms with Crippen molar-refractivity contribution in [3.05, 3.63) is 59.3 Å². The van der Waals surface area contributed by atoms with Crippen molar-refractivity contribution in [2.24, 2.45) is 15.4 Å². The van der Waals surface area contributed by atoms with Crippen molar-refractivity contribution in [1.29, 1.82) is 0 Å². The molecule has 24 heavy (non-hydrogen) atoms. The maximum Gasteiger partial charge on any atom is 0.165 e. The molecule has 0 aliphatic carbocycles. The fraction of sp³-hybridized carbons (Fsp3) is 0.381. The molecule has 1 aromatic rings. The first-order valence-electron chi connectivity index (χ1n) is 8.16. The van der Waals surface area contributed by atoms with Gasteiger partial charge in [-0.05, 0) is 26.8 Å². The minimum absolute atomic E-state index is 0.120. The minimum Gasteiger partial charge on any atom is -0.294 e. The van der Waals surface area contributed by atoms with E-state index in [9.17, 15) is 4.79 Å². The van der Waals surface area contributed by atoms with Crippen LogP contribution in [0.25, 0.3) is 0 Å². The summed E-state index contributed by atoms with van der Waals surface area (Å²) < 4.78 is 0. The van der Waals surface area contributed by atoms with Crippen LogP contribution in [0.5, 0.6) is 0 Å². The molecule has 128 valence electrons. The van der Waals surface area contributed by atoms with E-state index in [0.717, 1.165) is 22.4 Å². The number of carbonyl (C=O) groups is 1. The average molecular weight is 324 g/mol. The number of hydrogen-bond donors (Lipinski definition) is 0. The van der Waals surface area contributed by atoms with Gasteiger partial charge in [0, 0.05) is 22.2 Å². The molecule has 0 fully saturated rings. The normalized spacial score (nSPS) is 13.4. The predicted octanol–water partition coefficient (Wildman–Crippen LogP) is 4.95. The van der Waals surface area contributed by atoms with E-state index in [4.69, 9.17) is 0 Å². The van der Waals surface area contributed by atoms with Gasteiger partial charge in [0.1, 0.15) is 0 Å². The Morgan fingerprint density at radius 3 is 2.46 bits per heavy atom. The highest BCUT2D eigenvalue weighted by molar-refractivity contribution is 6.38. The molecule has 0 saturated carbocycles. The zero-order chi connectivity index (χ0) is 18.3. The SMILES string of the molecule is C=C(C)N=CC(=NC/C(=C\C)C(=O)C(C)(C)C)c1cccc(C)c1. The Hall–Kier alpha value is -2.29. The molecular weight excluding hydrogens is 296 g/mol. The molecule has 3 nitrogen and oxygen atoms in total. The lowest BCUT2D eigenvalue weighted by atomic mass is 9.86. The minimum atomic E-state index is -0.410. The van der Waals surface area contributed by atoms with Gasteiger partial charge in [0.05, 0.1) is 18.5 Å². The van der Waals surface area contributed by atoms with E-state index in [2.05, 4.69) is 22.6 Å². The number of carbonyl (C=O) groups excluding carboxylic acids is 1. The lowest BCUT2D eigenvalue weighted by Crippen LogP contribution is -2.23. The zero-order valence-electron chi connectivity index (χ0n) is 15.7. The zero-order valence-corrected chi connectivity index (χ0v) is 15.7. The van der Waals surface area contributed by atoms with Gasteiger partial charge in [-0.2, -0.15) is 0 Å². The Morgan fingerprint density at radius 1 is 1.29 bits per heavy atom. The second-order valence-corrected chi connectivity index (χ2v) is 6.96. The maximum absolute atomic E-state index is 12.5. The number of benzene rings is 1. The van der Waals surface area contributed by atoms with Crippen LogP contribution in [0.4, 0.5) is 0 Å². The number of hydrogen-bond acceptors (Lipinski definition) is 3. The fourth-order valence-corrected chi connectivity index (χ4v) is 2.13. The summed E-state index contributed by atoms with van der Waals surface area (Å²) in [5.74, 6) is 0.120. The molecule has 0 unspecified atom stereocenters. The molecule has 0 saturated heterocycles. The molecule has 1 rings (SSSR count). The Bertz CT molecular complexity index is 701. The van der Waals surface area contributed by atoms with Crippen molar-refractivity contribution in [2.75, 3.05) is 6.54 Å². The van der Waals surface area contributed by atoms with E-state index in [1.54, 1.807) is 6.21 Å². The van der Waals surface area contributed by atoms with Crippen LogP contribution in [0.15, 0.2) is 58.2 Å². The Morgan fingerprint density at radius 2 is 1.96 bits per heavy atom. The highest BCUT2D eigenvalue weighted by atomic mass is 16.1. The first kappa shape index (κ1) is 19.8. The van der Waals surface area contributed by atoms with E-state index in [0.29, 0.717) is 12.2 Å². The Labute approximate surface area is 145 Å². The molecule has 0 radical (unpaired) electrons. The van der Waals surface area contributed by atoms with Gasteiger partial charge < -0.3 is 0 Å². The predicted molar refractivity (Wildman–Crippen MR) is 104 cm³/mol. The van der Waals surface area contributed by atoms with Crippen molar-refractivity contribution >= 4 is 17.7 Å². The van der Waals surface area contributed by atoms with Gasteiger partial charge in [0.2, 0.25) is 0 Å². The number of aryl methyl sites for hydroxylation is 1. The summed E-state index contributed by atoms with van der Waals surface area (Å²) in [5.41, 5.74) is 3.92. The number of nitrogens with zero attached hydrogens (tertiary/aromatic N) is 2. The quantitative estimate of drug-likeness (QED) is 0.539.